The summed E-state index contributed by atoms with van der Waals surface area (Å²) in [6.45, 7) is 5.30. The largest absolute Gasteiger partial charge is 0.361 e. The van der Waals surface area contributed by atoms with Gasteiger partial charge in [0.05, 0.1) is 12.7 Å². The van der Waals surface area contributed by atoms with Crippen molar-refractivity contribution in [2.75, 3.05) is 12.4 Å². The van der Waals surface area contributed by atoms with Crippen LogP contribution >= 0.6 is 0 Å². The van der Waals surface area contributed by atoms with Gasteiger partial charge in [0.15, 0.2) is 0 Å². The molecule has 1 aliphatic rings. The number of hydrogen-bond acceptors (Lipinski definition) is 4. The molecule has 0 saturated heterocycles. The molecule has 2 amide bonds. The summed E-state index contributed by atoms with van der Waals surface area (Å²) in [7, 11) is 1.74. The highest BCUT2D eigenvalue weighted by Gasteiger charge is 2.17. The second-order valence-corrected chi connectivity index (χ2v) is 7.21. The van der Waals surface area contributed by atoms with Gasteiger partial charge in [-0.2, -0.15) is 5.10 Å². The van der Waals surface area contributed by atoms with Crippen molar-refractivity contribution in [2.24, 2.45) is 5.92 Å². The molecule has 26 heavy (non-hydrogen) atoms. The van der Waals surface area contributed by atoms with Gasteiger partial charge in [-0.1, -0.05) is 31.2 Å². The molecule has 0 saturated carbocycles. The highest BCUT2D eigenvalue weighted by Crippen LogP contribution is 2.22. The zero-order chi connectivity index (χ0) is 18.5. The lowest BCUT2D eigenvalue weighted by Crippen LogP contribution is -2.32. The molecular formula is C19H27N5O2. The highest BCUT2D eigenvalue weighted by molar-refractivity contribution is 5.88. The van der Waals surface area contributed by atoms with Crippen LogP contribution in [0.3, 0.4) is 0 Å². The Balaban J connectivity index is 1.57. The average molecular weight is 357 g/mol. The predicted octanol–water partition coefficient (Wildman–Crippen LogP) is 4.01. The van der Waals surface area contributed by atoms with Crippen molar-refractivity contribution >= 4 is 11.8 Å². The van der Waals surface area contributed by atoms with Crippen LogP contribution in [0.1, 0.15) is 50.5 Å². The fourth-order valence-electron chi connectivity index (χ4n) is 3.05. The maximum Gasteiger partial charge on any atom is 0.323 e. The third kappa shape index (κ3) is 4.53. The van der Waals surface area contributed by atoms with Crippen LogP contribution < -0.4 is 5.32 Å². The summed E-state index contributed by atoms with van der Waals surface area (Å²) in [4.78, 5) is 14.1. The molecule has 0 aromatic carbocycles. The number of carbonyl (C=O) groups is 1. The normalized spacial score (nSPS) is 16.8. The molecule has 2 aromatic rings. The van der Waals surface area contributed by atoms with Crippen molar-refractivity contribution in [3.8, 4) is 0 Å². The summed E-state index contributed by atoms with van der Waals surface area (Å²) in [6.07, 6.45) is 9.53. The molecule has 0 radical (unpaired) electrons. The van der Waals surface area contributed by atoms with Gasteiger partial charge in [0.2, 0.25) is 0 Å². The van der Waals surface area contributed by atoms with E-state index in [1.54, 1.807) is 18.1 Å². The zero-order valence-corrected chi connectivity index (χ0v) is 15.7. The van der Waals surface area contributed by atoms with E-state index in [1.165, 1.54) is 0 Å². The maximum atomic E-state index is 12.5. The van der Waals surface area contributed by atoms with E-state index in [-0.39, 0.29) is 11.9 Å². The molecule has 0 spiro atoms. The Hall–Kier alpha value is -2.57. The molecule has 0 bridgehead atoms. The molecule has 1 atom stereocenters. The SMILES string of the molecule is CC(C)c1cc(CN(C)C(=O)Nc2ccnn2C[C@@H]2CC=CCC2)no1. The third-order valence-corrected chi connectivity index (χ3v) is 4.65. The summed E-state index contributed by atoms with van der Waals surface area (Å²) in [6, 6.07) is 3.54. The van der Waals surface area contributed by atoms with Gasteiger partial charge in [0.1, 0.15) is 17.3 Å². The lowest BCUT2D eigenvalue weighted by molar-refractivity contribution is 0.219. The molecule has 0 aliphatic heterocycles. The lowest BCUT2D eigenvalue weighted by atomic mass is 9.94. The topological polar surface area (TPSA) is 76.2 Å². The number of allylic oxidation sites excluding steroid dienone is 2. The molecule has 3 rings (SSSR count). The second kappa shape index (κ2) is 8.21. The molecular weight excluding hydrogens is 330 g/mol. The van der Waals surface area contributed by atoms with Crippen LogP contribution in [0.4, 0.5) is 10.6 Å². The van der Waals surface area contributed by atoms with Crippen LogP contribution in [0.25, 0.3) is 0 Å². The summed E-state index contributed by atoms with van der Waals surface area (Å²) in [5, 5.41) is 11.3. The van der Waals surface area contributed by atoms with E-state index in [9.17, 15) is 4.79 Å². The summed E-state index contributed by atoms with van der Waals surface area (Å²) < 4.78 is 7.17. The monoisotopic (exact) mass is 357 g/mol. The molecule has 1 N–H and O–H groups in total. The van der Waals surface area contributed by atoms with Crippen molar-refractivity contribution in [1.82, 2.24) is 19.8 Å². The minimum Gasteiger partial charge on any atom is -0.361 e. The number of nitrogens with zero attached hydrogens (tertiary/aromatic N) is 4. The number of urea groups is 1. The molecule has 2 aromatic heterocycles. The Kier molecular flexibility index (Phi) is 5.75. The minimum atomic E-state index is -0.190. The van der Waals surface area contributed by atoms with Crippen molar-refractivity contribution < 1.29 is 9.32 Å². The van der Waals surface area contributed by atoms with E-state index in [2.05, 4.69) is 27.7 Å². The first kappa shape index (κ1) is 18.2. The van der Waals surface area contributed by atoms with Gasteiger partial charge in [-0.15, -0.1) is 0 Å². The van der Waals surface area contributed by atoms with Gasteiger partial charge in [-0.3, -0.25) is 5.32 Å². The number of amides is 2. The van der Waals surface area contributed by atoms with Gasteiger partial charge in [-0.25, -0.2) is 9.48 Å². The smallest absolute Gasteiger partial charge is 0.323 e. The van der Waals surface area contributed by atoms with E-state index in [1.807, 2.05) is 30.7 Å². The van der Waals surface area contributed by atoms with Crippen molar-refractivity contribution in [3.63, 3.8) is 0 Å². The van der Waals surface area contributed by atoms with Gasteiger partial charge < -0.3 is 9.42 Å². The van der Waals surface area contributed by atoms with Crippen LogP contribution in [0.15, 0.2) is 35.0 Å². The Morgan fingerprint density at radius 3 is 3.00 bits per heavy atom. The van der Waals surface area contributed by atoms with Gasteiger partial charge in [-0.05, 0) is 25.2 Å². The van der Waals surface area contributed by atoms with Gasteiger partial charge in [0, 0.05) is 31.6 Å². The molecule has 140 valence electrons. The standard InChI is InChI=1S/C19H27N5O2/c1-14(2)17-11-16(22-26-17)13-23(3)19(25)21-18-9-10-20-24(18)12-15-7-5-4-6-8-15/h4-5,9-11,14-15H,6-8,12-13H2,1-3H3,(H,21,25)/t15-/m1/s1. The van der Waals surface area contributed by atoms with E-state index in [0.29, 0.717) is 12.5 Å². The van der Waals surface area contributed by atoms with Crippen molar-refractivity contribution in [3.05, 3.63) is 41.9 Å². The first-order chi connectivity index (χ1) is 12.5. The van der Waals surface area contributed by atoms with Gasteiger partial charge >= 0.3 is 6.03 Å². The maximum absolute atomic E-state index is 12.5. The average Bonchev–Trinajstić information content (AvgIpc) is 3.26. The number of hydrogen-bond donors (Lipinski definition) is 1. The fourth-order valence-corrected chi connectivity index (χ4v) is 3.05. The van der Waals surface area contributed by atoms with Crippen LogP contribution in [0, 0.1) is 5.92 Å². The summed E-state index contributed by atoms with van der Waals surface area (Å²) in [5.74, 6) is 2.39. The van der Waals surface area contributed by atoms with Crippen LogP contribution in [0.5, 0.6) is 0 Å². The zero-order valence-electron chi connectivity index (χ0n) is 15.7. The van der Waals surface area contributed by atoms with E-state index >= 15 is 0 Å². The summed E-state index contributed by atoms with van der Waals surface area (Å²) in [5.41, 5.74) is 0.744. The number of aromatic nitrogens is 3. The van der Waals surface area contributed by atoms with Gasteiger partial charge in [0.25, 0.3) is 0 Å². The first-order valence-electron chi connectivity index (χ1n) is 9.17. The molecule has 7 heteroatoms. The Bertz CT molecular complexity index is 762. The number of rotatable bonds is 6. The second-order valence-electron chi connectivity index (χ2n) is 7.21. The Morgan fingerprint density at radius 1 is 1.46 bits per heavy atom. The third-order valence-electron chi connectivity index (χ3n) is 4.65. The molecule has 2 heterocycles. The number of nitrogens with one attached hydrogen (secondary N) is 1. The van der Waals surface area contributed by atoms with Crippen LogP contribution in [0.2, 0.25) is 0 Å². The molecule has 7 nitrogen and oxygen atoms in total. The van der Waals surface area contributed by atoms with Crippen molar-refractivity contribution in [2.45, 2.75) is 52.1 Å². The Morgan fingerprint density at radius 2 is 2.31 bits per heavy atom. The number of anilines is 1. The van der Waals surface area contributed by atoms with Crippen molar-refractivity contribution in [1.29, 1.82) is 0 Å². The molecule has 0 fully saturated rings. The molecule has 0 unspecified atom stereocenters. The predicted molar refractivity (Wildman–Crippen MR) is 99.8 cm³/mol. The minimum absolute atomic E-state index is 0.190. The van der Waals surface area contributed by atoms with E-state index < -0.39 is 0 Å². The first-order valence-corrected chi connectivity index (χ1v) is 9.17. The lowest BCUT2D eigenvalue weighted by Gasteiger charge is -2.20. The Labute approximate surface area is 154 Å². The molecule has 1 aliphatic carbocycles. The van der Waals surface area contributed by atoms with Crippen LogP contribution in [-0.2, 0) is 13.1 Å². The van der Waals surface area contributed by atoms with E-state index in [4.69, 9.17) is 4.52 Å². The highest BCUT2D eigenvalue weighted by atomic mass is 16.5. The summed E-state index contributed by atoms with van der Waals surface area (Å²) >= 11 is 0. The fraction of sp³-hybridized carbons (Fsp3) is 0.526. The van der Waals surface area contributed by atoms with E-state index in [0.717, 1.165) is 43.1 Å². The number of carbonyl (C=O) groups excluding carboxylic acids is 1. The van der Waals surface area contributed by atoms with Crippen LogP contribution in [-0.4, -0.2) is 32.9 Å². The quantitative estimate of drug-likeness (QED) is 0.792.